The zero-order valence-corrected chi connectivity index (χ0v) is 8.29. The molecular formula is C13H17NO. The molecule has 0 saturated heterocycles. The zero-order valence-electron chi connectivity index (χ0n) is 8.29. The van der Waals surface area contributed by atoms with Gasteiger partial charge in [0.1, 0.15) is 0 Å². The first-order chi connectivity index (χ1) is 6.74. The number of benzene rings is 1. The van der Waals surface area contributed by atoms with Gasteiger partial charge in [0.05, 0.1) is 6.54 Å². The van der Waals surface area contributed by atoms with Gasteiger partial charge in [-0.2, -0.15) is 0 Å². The molecule has 0 aliphatic carbocycles. The fraction of sp³-hybridized carbons (Fsp3) is 0.308. The Kier molecular flexibility index (Phi) is 6.00. The predicted molar refractivity (Wildman–Crippen MR) is 64.6 cm³/mol. The van der Waals surface area contributed by atoms with Crippen molar-refractivity contribution in [3.8, 4) is 0 Å². The van der Waals surface area contributed by atoms with E-state index in [1.54, 1.807) is 0 Å². The van der Waals surface area contributed by atoms with E-state index in [1.807, 2.05) is 25.1 Å². The molecule has 0 aliphatic rings. The van der Waals surface area contributed by atoms with Gasteiger partial charge in [0.25, 0.3) is 0 Å². The van der Waals surface area contributed by atoms with Crippen molar-refractivity contribution in [3.05, 3.63) is 42.0 Å². The van der Waals surface area contributed by atoms with Gasteiger partial charge in [-0.05, 0) is 24.5 Å². The van der Waals surface area contributed by atoms with Crippen molar-refractivity contribution in [1.29, 1.82) is 0 Å². The van der Waals surface area contributed by atoms with Crippen molar-refractivity contribution in [2.75, 3.05) is 6.54 Å². The summed E-state index contributed by atoms with van der Waals surface area (Å²) in [6.45, 7) is 6.36. The van der Waals surface area contributed by atoms with Crippen molar-refractivity contribution in [3.63, 3.8) is 0 Å². The molecule has 1 aromatic carbocycles. The monoisotopic (exact) mass is 203 g/mol. The largest absolute Gasteiger partial charge is 0.234 e. The lowest BCUT2D eigenvalue weighted by atomic mass is 10.0. The maximum atomic E-state index is 9.86. The molecule has 0 aromatic heterocycles. The second-order valence-electron chi connectivity index (χ2n) is 3.20. The Morgan fingerprint density at radius 1 is 1.53 bits per heavy atom. The van der Waals surface area contributed by atoms with Crippen LogP contribution in [0.3, 0.4) is 0 Å². The normalized spacial score (nSPS) is 8.60. The SMILES string of the molecule is C.C=C(C)c1cccc(CCN=C=O)c1. The minimum absolute atomic E-state index is 0. The molecule has 0 N–H and O–H groups in total. The van der Waals surface area contributed by atoms with Crippen LogP contribution in [-0.2, 0) is 11.2 Å². The molecule has 0 radical (unpaired) electrons. The molecule has 0 spiro atoms. The fourth-order valence-electron chi connectivity index (χ4n) is 1.22. The highest BCUT2D eigenvalue weighted by molar-refractivity contribution is 5.61. The van der Waals surface area contributed by atoms with Gasteiger partial charge < -0.3 is 0 Å². The number of hydrogen-bond acceptors (Lipinski definition) is 2. The van der Waals surface area contributed by atoms with E-state index >= 15 is 0 Å². The topological polar surface area (TPSA) is 29.4 Å². The Labute approximate surface area is 91.4 Å². The van der Waals surface area contributed by atoms with Crippen LogP contribution >= 0.6 is 0 Å². The highest BCUT2D eigenvalue weighted by Gasteiger charge is 1.95. The molecule has 0 amide bonds. The third kappa shape index (κ3) is 4.39. The van der Waals surface area contributed by atoms with E-state index in [1.165, 1.54) is 11.6 Å². The van der Waals surface area contributed by atoms with Crippen LogP contribution in [-0.4, -0.2) is 12.6 Å². The van der Waals surface area contributed by atoms with Crippen LogP contribution in [0.4, 0.5) is 0 Å². The average molecular weight is 203 g/mol. The molecule has 0 heterocycles. The van der Waals surface area contributed by atoms with Crippen molar-refractivity contribution in [1.82, 2.24) is 0 Å². The van der Waals surface area contributed by atoms with E-state index in [9.17, 15) is 4.79 Å². The Bertz CT molecular complexity index is 376. The smallest absolute Gasteiger partial charge is 0.211 e. The van der Waals surface area contributed by atoms with Crippen LogP contribution in [0.5, 0.6) is 0 Å². The molecule has 2 heteroatoms. The number of isocyanates is 1. The second-order valence-corrected chi connectivity index (χ2v) is 3.20. The lowest BCUT2D eigenvalue weighted by Gasteiger charge is -2.02. The molecule has 0 unspecified atom stereocenters. The van der Waals surface area contributed by atoms with Crippen LogP contribution in [0.1, 0.15) is 25.5 Å². The van der Waals surface area contributed by atoms with Gasteiger partial charge in [-0.15, -0.1) is 0 Å². The summed E-state index contributed by atoms with van der Waals surface area (Å²) in [5.41, 5.74) is 3.35. The Balaban J connectivity index is 0.00000196. The fourth-order valence-corrected chi connectivity index (χ4v) is 1.22. The Hall–Kier alpha value is -1.66. The lowest BCUT2D eigenvalue weighted by molar-refractivity contribution is 0.563. The summed E-state index contributed by atoms with van der Waals surface area (Å²) in [7, 11) is 0. The molecule has 2 nitrogen and oxygen atoms in total. The van der Waals surface area contributed by atoms with Crippen LogP contribution in [0.15, 0.2) is 35.8 Å². The van der Waals surface area contributed by atoms with E-state index in [0.29, 0.717) is 6.54 Å². The van der Waals surface area contributed by atoms with Gasteiger partial charge in [0, 0.05) is 0 Å². The maximum Gasteiger partial charge on any atom is 0.234 e. The number of hydrogen-bond donors (Lipinski definition) is 0. The molecule has 1 aromatic rings. The van der Waals surface area contributed by atoms with Crippen LogP contribution in [0, 0.1) is 0 Å². The minimum Gasteiger partial charge on any atom is -0.211 e. The standard InChI is InChI=1S/C12H13NO.CH4/c1-10(2)12-5-3-4-11(8-12)6-7-13-9-14;/h3-5,8H,1,6-7H2,2H3;1H4. The third-order valence-electron chi connectivity index (χ3n) is 2.00. The summed E-state index contributed by atoms with van der Waals surface area (Å²) in [5.74, 6) is 0. The summed E-state index contributed by atoms with van der Waals surface area (Å²) in [5, 5.41) is 0. The van der Waals surface area contributed by atoms with Crippen LogP contribution < -0.4 is 0 Å². The molecule has 80 valence electrons. The molecule has 0 atom stereocenters. The van der Waals surface area contributed by atoms with Gasteiger partial charge in [-0.3, -0.25) is 0 Å². The van der Waals surface area contributed by atoms with Crippen LogP contribution in [0.25, 0.3) is 5.57 Å². The number of carbonyl (C=O) groups excluding carboxylic acids is 1. The Morgan fingerprint density at radius 3 is 2.87 bits per heavy atom. The summed E-state index contributed by atoms with van der Waals surface area (Å²) in [6.07, 6.45) is 2.31. The first kappa shape index (κ1) is 13.3. The summed E-state index contributed by atoms with van der Waals surface area (Å²) >= 11 is 0. The minimum atomic E-state index is 0. The van der Waals surface area contributed by atoms with Crippen molar-refractivity contribution in [2.45, 2.75) is 20.8 Å². The molecule has 0 fully saturated rings. The van der Waals surface area contributed by atoms with Gasteiger partial charge in [0.2, 0.25) is 6.08 Å². The summed E-state index contributed by atoms with van der Waals surface area (Å²) in [4.78, 5) is 13.4. The Morgan fingerprint density at radius 2 is 2.27 bits per heavy atom. The number of nitrogens with zero attached hydrogens (tertiary/aromatic N) is 1. The predicted octanol–water partition coefficient (Wildman–Crippen LogP) is 3.23. The van der Waals surface area contributed by atoms with Gasteiger partial charge in [-0.25, -0.2) is 9.79 Å². The maximum absolute atomic E-state index is 9.86. The van der Waals surface area contributed by atoms with E-state index < -0.39 is 0 Å². The first-order valence-electron chi connectivity index (χ1n) is 4.52. The number of aliphatic imine (C=N–C) groups is 1. The van der Waals surface area contributed by atoms with E-state index in [-0.39, 0.29) is 7.43 Å². The third-order valence-corrected chi connectivity index (χ3v) is 2.00. The van der Waals surface area contributed by atoms with Crippen molar-refractivity contribution >= 4 is 11.7 Å². The molecule has 15 heavy (non-hydrogen) atoms. The molecule has 1 rings (SSSR count). The number of allylic oxidation sites excluding steroid dienone is 1. The number of rotatable bonds is 4. The first-order valence-corrected chi connectivity index (χ1v) is 4.52. The van der Waals surface area contributed by atoms with Crippen molar-refractivity contribution < 1.29 is 4.79 Å². The molecule has 0 saturated carbocycles. The quantitative estimate of drug-likeness (QED) is 0.545. The zero-order chi connectivity index (χ0) is 10.4. The molecule has 0 aliphatic heterocycles. The van der Waals surface area contributed by atoms with Gasteiger partial charge in [-0.1, -0.05) is 43.8 Å². The van der Waals surface area contributed by atoms with Crippen molar-refractivity contribution in [2.24, 2.45) is 4.99 Å². The van der Waals surface area contributed by atoms with Gasteiger partial charge in [0.15, 0.2) is 0 Å². The molecular weight excluding hydrogens is 186 g/mol. The highest BCUT2D eigenvalue weighted by atomic mass is 16.1. The highest BCUT2D eigenvalue weighted by Crippen LogP contribution is 2.13. The van der Waals surface area contributed by atoms with E-state index in [0.717, 1.165) is 17.6 Å². The lowest BCUT2D eigenvalue weighted by Crippen LogP contribution is -1.90. The summed E-state index contributed by atoms with van der Waals surface area (Å²) in [6, 6.07) is 8.11. The van der Waals surface area contributed by atoms with Crippen LogP contribution in [0.2, 0.25) is 0 Å². The summed E-state index contributed by atoms with van der Waals surface area (Å²) < 4.78 is 0. The molecule has 0 bridgehead atoms. The van der Waals surface area contributed by atoms with E-state index in [2.05, 4.69) is 17.6 Å². The van der Waals surface area contributed by atoms with Gasteiger partial charge >= 0.3 is 0 Å². The van der Waals surface area contributed by atoms with E-state index in [4.69, 9.17) is 0 Å². The average Bonchev–Trinajstić information content (AvgIpc) is 2.19. The second kappa shape index (κ2) is 6.74.